The van der Waals surface area contributed by atoms with Crippen molar-refractivity contribution in [1.29, 1.82) is 0 Å². The first-order valence-electron chi connectivity index (χ1n) is 6.16. The van der Waals surface area contributed by atoms with E-state index in [4.69, 9.17) is 5.73 Å². The third-order valence-electron chi connectivity index (χ3n) is 2.87. The molecule has 0 aliphatic heterocycles. The predicted octanol–water partition coefficient (Wildman–Crippen LogP) is 2.74. The van der Waals surface area contributed by atoms with Gasteiger partial charge in [-0.3, -0.25) is 0 Å². The number of benzene rings is 1. The number of nitrogens with one attached hydrogen (secondary N) is 1. The minimum absolute atomic E-state index is 0.498. The number of nitrogens with two attached hydrogens (primary N) is 1. The van der Waals surface area contributed by atoms with E-state index in [0.29, 0.717) is 11.0 Å². The standard InChI is InChI=1S/C14H18N4S/c1-10-5-3-4-6-11(10)7-8-16-13-9-12(15)17-14(18-13)19-2/h3-6,9H,7-8H2,1-2H3,(H3,15,16,17,18). The van der Waals surface area contributed by atoms with E-state index in [9.17, 15) is 0 Å². The number of aryl methyl sites for hydroxylation is 1. The van der Waals surface area contributed by atoms with Gasteiger partial charge in [-0.25, -0.2) is 9.97 Å². The van der Waals surface area contributed by atoms with Crippen molar-refractivity contribution in [3.05, 3.63) is 41.5 Å². The summed E-state index contributed by atoms with van der Waals surface area (Å²) in [6.45, 7) is 2.96. The number of nitrogens with zero attached hydrogens (tertiary/aromatic N) is 2. The molecule has 0 saturated heterocycles. The summed E-state index contributed by atoms with van der Waals surface area (Å²) in [4.78, 5) is 8.49. The van der Waals surface area contributed by atoms with Crippen molar-refractivity contribution in [2.24, 2.45) is 0 Å². The second kappa shape index (κ2) is 6.43. The second-order valence-corrected chi connectivity index (χ2v) is 5.04. The van der Waals surface area contributed by atoms with E-state index in [0.717, 1.165) is 18.8 Å². The van der Waals surface area contributed by atoms with E-state index >= 15 is 0 Å². The number of hydrogen-bond donors (Lipinski definition) is 2. The molecule has 0 radical (unpaired) electrons. The van der Waals surface area contributed by atoms with E-state index in [-0.39, 0.29) is 0 Å². The molecule has 19 heavy (non-hydrogen) atoms. The molecule has 3 N–H and O–H groups in total. The smallest absolute Gasteiger partial charge is 0.191 e. The molecule has 0 spiro atoms. The van der Waals surface area contributed by atoms with Crippen molar-refractivity contribution in [3.63, 3.8) is 0 Å². The highest BCUT2D eigenvalue weighted by Gasteiger charge is 2.02. The summed E-state index contributed by atoms with van der Waals surface area (Å²) < 4.78 is 0. The number of rotatable bonds is 5. The quantitative estimate of drug-likeness (QED) is 0.648. The Bertz CT molecular complexity index is 557. The number of aromatic nitrogens is 2. The number of hydrogen-bond acceptors (Lipinski definition) is 5. The molecule has 0 amide bonds. The number of thioether (sulfide) groups is 1. The average Bonchev–Trinajstić information content (AvgIpc) is 2.40. The van der Waals surface area contributed by atoms with Crippen LogP contribution in [-0.2, 0) is 6.42 Å². The van der Waals surface area contributed by atoms with E-state index in [1.807, 2.05) is 6.26 Å². The first kappa shape index (κ1) is 13.7. The maximum Gasteiger partial charge on any atom is 0.191 e. The largest absolute Gasteiger partial charge is 0.383 e. The van der Waals surface area contributed by atoms with Gasteiger partial charge in [0, 0.05) is 12.6 Å². The summed E-state index contributed by atoms with van der Waals surface area (Å²) in [6.07, 6.45) is 2.90. The van der Waals surface area contributed by atoms with Crippen molar-refractivity contribution in [2.75, 3.05) is 23.9 Å². The van der Waals surface area contributed by atoms with Crippen LogP contribution in [-0.4, -0.2) is 22.8 Å². The molecular formula is C14H18N4S. The first-order chi connectivity index (χ1) is 9.19. The third kappa shape index (κ3) is 3.86. The van der Waals surface area contributed by atoms with E-state index in [1.165, 1.54) is 22.9 Å². The summed E-state index contributed by atoms with van der Waals surface area (Å²) in [6, 6.07) is 10.2. The molecule has 0 fully saturated rings. The highest BCUT2D eigenvalue weighted by Crippen LogP contribution is 2.15. The second-order valence-electron chi connectivity index (χ2n) is 4.27. The van der Waals surface area contributed by atoms with Crippen molar-refractivity contribution >= 4 is 23.4 Å². The lowest BCUT2D eigenvalue weighted by molar-refractivity contribution is 0.943. The summed E-state index contributed by atoms with van der Waals surface area (Å²) in [7, 11) is 0. The molecule has 0 aliphatic carbocycles. The molecule has 100 valence electrons. The van der Waals surface area contributed by atoms with Gasteiger partial charge in [-0.15, -0.1) is 0 Å². The van der Waals surface area contributed by atoms with Crippen LogP contribution in [0.15, 0.2) is 35.5 Å². The monoisotopic (exact) mass is 274 g/mol. The Morgan fingerprint density at radius 2 is 2.05 bits per heavy atom. The summed E-state index contributed by atoms with van der Waals surface area (Å²) >= 11 is 1.49. The van der Waals surface area contributed by atoms with Crippen LogP contribution in [0, 0.1) is 6.92 Å². The van der Waals surface area contributed by atoms with Gasteiger partial charge in [0.2, 0.25) is 0 Å². The van der Waals surface area contributed by atoms with Gasteiger partial charge in [0.05, 0.1) is 0 Å². The van der Waals surface area contributed by atoms with Crippen molar-refractivity contribution < 1.29 is 0 Å². The molecule has 5 heteroatoms. The molecule has 2 aromatic rings. The van der Waals surface area contributed by atoms with Crippen molar-refractivity contribution in [1.82, 2.24) is 9.97 Å². The van der Waals surface area contributed by atoms with Crippen LogP contribution in [0.2, 0.25) is 0 Å². The van der Waals surface area contributed by atoms with Crippen molar-refractivity contribution in [2.45, 2.75) is 18.5 Å². The molecule has 2 rings (SSSR count). The Labute approximate surface area is 117 Å². The van der Waals surface area contributed by atoms with Crippen LogP contribution in [0.4, 0.5) is 11.6 Å². The van der Waals surface area contributed by atoms with Gasteiger partial charge in [-0.2, -0.15) is 0 Å². The SMILES string of the molecule is CSc1nc(N)cc(NCCc2ccccc2C)n1. The number of nitrogen functional groups attached to an aromatic ring is 1. The lowest BCUT2D eigenvalue weighted by Crippen LogP contribution is -2.08. The Morgan fingerprint density at radius 1 is 1.26 bits per heavy atom. The van der Waals surface area contributed by atoms with Gasteiger partial charge in [0.15, 0.2) is 5.16 Å². The molecule has 1 heterocycles. The molecule has 0 saturated carbocycles. The molecule has 0 aliphatic rings. The van der Waals surface area contributed by atoms with Gasteiger partial charge >= 0.3 is 0 Å². The fourth-order valence-electron chi connectivity index (χ4n) is 1.84. The lowest BCUT2D eigenvalue weighted by Gasteiger charge is -2.09. The molecule has 0 unspecified atom stereocenters. The molecule has 1 aromatic heterocycles. The third-order valence-corrected chi connectivity index (χ3v) is 3.42. The maximum absolute atomic E-state index is 5.74. The minimum atomic E-state index is 0.498. The summed E-state index contributed by atoms with van der Waals surface area (Å²) in [5.41, 5.74) is 8.40. The zero-order chi connectivity index (χ0) is 13.7. The Kier molecular flexibility index (Phi) is 4.63. The Morgan fingerprint density at radius 3 is 2.79 bits per heavy atom. The van der Waals surface area contributed by atoms with Gasteiger partial charge in [-0.05, 0) is 30.7 Å². The van der Waals surface area contributed by atoms with Crippen LogP contribution >= 0.6 is 11.8 Å². The van der Waals surface area contributed by atoms with Crippen LogP contribution < -0.4 is 11.1 Å². The Hall–Kier alpha value is -1.75. The average molecular weight is 274 g/mol. The van der Waals surface area contributed by atoms with Crippen LogP contribution in [0.1, 0.15) is 11.1 Å². The molecular weight excluding hydrogens is 256 g/mol. The molecule has 0 bridgehead atoms. The van der Waals surface area contributed by atoms with E-state index in [2.05, 4.69) is 46.5 Å². The highest BCUT2D eigenvalue weighted by molar-refractivity contribution is 7.98. The van der Waals surface area contributed by atoms with E-state index in [1.54, 1.807) is 6.07 Å². The van der Waals surface area contributed by atoms with Crippen LogP contribution in [0.3, 0.4) is 0 Å². The van der Waals surface area contributed by atoms with Crippen molar-refractivity contribution in [3.8, 4) is 0 Å². The van der Waals surface area contributed by atoms with E-state index < -0.39 is 0 Å². The van der Waals surface area contributed by atoms with Crippen LogP contribution in [0.5, 0.6) is 0 Å². The summed E-state index contributed by atoms with van der Waals surface area (Å²) in [5.74, 6) is 1.28. The molecule has 0 atom stereocenters. The zero-order valence-corrected chi connectivity index (χ0v) is 12.0. The molecule has 1 aromatic carbocycles. The van der Waals surface area contributed by atoms with Gasteiger partial charge in [-0.1, -0.05) is 36.0 Å². The Balaban J connectivity index is 1.96. The normalized spacial score (nSPS) is 10.4. The van der Waals surface area contributed by atoms with Gasteiger partial charge in [0.1, 0.15) is 11.6 Å². The topological polar surface area (TPSA) is 63.8 Å². The number of anilines is 2. The predicted molar refractivity (Wildman–Crippen MR) is 81.6 cm³/mol. The highest BCUT2D eigenvalue weighted by atomic mass is 32.2. The summed E-state index contributed by atoms with van der Waals surface area (Å²) in [5, 5.41) is 3.98. The maximum atomic E-state index is 5.74. The lowest BCUT2D eigenvalue weighted by atomic mass is 10.1. The fraction of sp³-hybridized carbons (Fsp3) is 0.286. The van der Waals surface area contributed by atoms with Gasteiger partial charge < -0.3 is 11.1 Å². The van der Waals surface area contributed by atoms with Gasteiger partial charge in [0.25, 0.3) is 0 Å². The van der Waals surface area contributed by atoms with Crippen LogP contribution in [0.25, 0.3) is 0 Å². The first-order valence-corrected chi connectivity index (χ1v) is 7.38. The fourth-order valence-corrected chi connectivity index (χ4v) is 2.23. The molecule has 4 nitrogen and oxygen atoms in total. The minimum Gasteiger partial charge on any atom is -0.383 e. The zero-order valence-electron chi connectivity index (χ0n) is 11.2.